The average molecular weight is 143 g/mol. The molecular formula is C9H19O. The molecule has 0 amide bonds. The first-order valence-corrected chi connectivity index (χ1v) is 4.10. The lowest BCUT2D eigenvalue weighted by molar-refractivity contribution is 0.0818. The predicted molar refractivity (Wildman–Crippen MR) is 44.8 cm³/mol. The molecule has 0 bridgehead atoms. The quantitative estimate of drug-likeness (QED) is 0.575. The van der Waals surface area contributed by atoms with Crippen molar-refractivity contribution in [3.05, 3.63) is 6.92 Å². The first-order chi connectivity index (χ1) is 4.74. The topological polar surface area (TPSA) is 9.23 Å². The Labute approximate surface area is 64.8 Å². The molecule has 0 saturated heterocycles. The van der Waals surface area contributed by atoms with E-state index in [-0.39, 0.29) is 0 Å². The van der Waals surface area contributed by atoms with Gasteiger partial charge in [0.05, 0.1) is 6.10 Å². The summed E-state index contributed by atoms with van der Waals surface area (Å²) in [5.41, 5.74) is 0. The lowest BCUT2D eigenvalue weighted by atomic mass is 10.00. The van der Waals surface area contributed by atoms with Crippen LogP contribution < -0.4 is 0 Å². The summed E-state index contributed by atoms with van der Waals surface area (Å²) in [6, 6.07) is 0. The Kier molecular flexibility index (Phi) is 5.70. The van der Waals surface area contributed by atoms with Crippen molar-refractivity contribution in [1.82, 2.24) is 0 Å². The summed E-state index contributed by atoms with van der Waals surface area (Å²) >= 11 is 0. The van der Waals surface area contributed by atoms with Gasteiger partial charge in [-0.05, 0) is 18.8 Å². The van der Waals surface area contributed by atoms with Crippen LogP contribution >= 0.6 is 0 Å². The monoisotopic (exact) mass is 143 g/mol. The smallest absolute Gasteiger partial charge is 0.0571 e. The summed E-state index contributed by atoms with van der Waals surface area (Å²) in [5.74, 6) is 0.560. The van der Waals surface area contributed by atoms with Gasteiger partial charge in [0.25, 0.3) is 0 Å². The lowest BCUT2D eigenvalue weighted by Gasteiger charge is -2.16. The van der Waals surface area contributed by atoms with Crippen molar-refractivity contribution in [2.24, 2.45) is 5.92 Å². The van der Waals surface area contributed by atoms with Crippen molar-refractivity contribution in [2.45, 2.75) is 39.2 Å². The van der Waals surface area contributed by atoms with E-state index in [2.05, 4.69) is 20.8 Å². The molecule has 10 heavy (non-hydrogen) atoms. The van der Waals surface area contributed by atoms with E-state index in [1.165, 1.54) is 0 Å². The fourth-order valence-corrected chi connectivity index (χ4v) is 0.968. The highest BCUT2D eigenvalue weighted by Crippen LogP contribution is 2.13. The van der Waals surface area contributed by atoms with E-state index in [0.29, 0.717) is 12.0 Å². The third kappa shape index (κ3) is 3.89. The van der Waals surface area contributed by atoms with E-state index in [9.17, 15) is 0 Å². The van der Waals surface area contributed by atoms with Crippen molar-refractivity contribution in [3.8, 4) is 0 Å². The Hall–Kier alpha value is -0.0400. The van der Waals surface area contributed by atoms with E-state index in [1.54, 1.807) is 7.11 Å². The molecule has 1 radical (unpaired) electrons. The van der Waals surface area contributed by atoms with Gasteiger partial charge in [0.15, 0.2) is 0 Å². The summed E-state index contributed by atoms with van der Waals surface area (Å²) in [5, 5.41) is 0. The van der Waals surface area contributed by atoms with Gasteiger partial charge in [0.1, 0.15) is 0 Å². The molecular weight excluding hydrogens is 124 g/mol. The second-order valence-electron chi connectivity index (χ2n) is 2.78. The number of methoxy groups -OCH3 is 1. The summed E-state index contributed by atoms with van der Waals surface area (Å²) in [6.45, 7) is 8.33. The fraction of sp³-hybridized carbons (Fsp3) is 0.889. The second kappa shape index (κ2) is 5.72. The molecule has 0 rings (SSSR count). The van der Waals surface area contributed by atoms with Crippen molar-refractivity contribution in [1.29, 1.82) is 0 Å². The summed E-state index contributed by atoms with van der Waals surface area (Å²) in [4.78, 5) is 0. The normalized spacial score (nSPS) is 16.8. The van der Waals surface area contributed by atoms with Gasteiger partial charge in [-0.1, -0.05) is 27.2 Å². The van der Waals surface area contributed by atoms with Gasteiger partial charge in [0.2, 0.25) is 0 Å². The van der Waals surface area contributed by atoms with Gasteiger partial charge in [0, 0.05) is 7.11 Å². The number of hydrogen-bond acceptors (Lipinski definition) is 1. The molecule has 0 aliphatic carbocycles. The molecule has 0 aliphatic rings. The highest BCUT2D eigenvalue weighted by atomic mass is 16.5. The molecule has 0 heterocycles. The van der Waals surface area contributed by atoms with Crippen LogP contribution in [-0.2, 0) is 4.74 Å². The number of rotatable bonds is 5. The van der Waals surface area contributed by atoms with Gasteiger partial charge in [-0.15, -0.1) is 0 Å². The SMILES string of the molecule is [CH2]C(CC)CC(CC)OC. The van der Waals surface area contributed by atoms with E-state index >= 15 is 0 Å². The predicted octanol–water partition coefficient (Wildman–Crippen LogP) is 2.66. The van der Waals surface area contributed by atoms with Crippen LogP contribution in [0.1, 0.15) is 33.1 Å². The average Bonchev–Trinajstić information content (AvgIpc) is 1.99. The minimum absolute atomic E-state index is 0.419. The van der Waals surface area contributed by atoms with Gasteiger partial charge in [-0.3, -0.25) is 0 Å². The van der Waals surface area contributed by atoms with E-state index in [4.69, 9.17) is 4.74 Å². The maximum Gasteiger partial charge on any atom is 0.0571 e. The zero-order valence-corrected chi connectivity index (χ0v) is 7.39. The molecule has 61 valence electrons. The maximum absolute atomic E-state index is 5.23. The van der Waals surface area contributed by atoms with Gasteiger partial charge in [-0.2, -0.15) is 0 Å². The minimum atomic E-state index is 0.419. The van der Waals surface area contributed by atoms with Crippen molar-refractivity contribution in [2.75, 3.05) is 7.11 Å². The molecule has 0 aromatic heterocycles. The molecule has 2 atom stereocenters. The highest BCUT2D eigenvalue weighted by Gasteiger charge is 2.07. The Bertz CT molecular complexity index is 67.1. The van der Waals surface area contributed by atoms with Gasteiger partial charge in [-0.25, -0.2) is 0 Å². The van der Waals surface area contributed by atoms with Crippen LogP contribution in [0.15, 0.2) is 0 Å². The van der Waals surface area contributed by atoms with E-state index in [0.717, 1.165) is 19.3 Å². The standard InChI is InChI=1S/C9H19O/c1-5-8(3)7-9(6-2)10-4/h8-9H,3,5-7H2,1-2,4H3. The van der Waals surface area contributed by atoms with E-state index < -0.39 is 0 Å². The van der Waals surface area contributed by atoms with E-state index in [1.807, 2.05) is 0 Å². The molecule has 0 fully saturated rings. The van der Waals surface area contributed by atoms with Crippen LogP contribution in [0.3, 0.4) is 0 Å². The molecule has 0 saturated carbocycles. The Morgan fingerprint density at radius 1 is 1.30 bits per heavy atom. The van der Waals surface area contributed by atoms with Crippen molar-refractivity contribution in [3.63, 3.8) is 0 Å². The zero-order valence-electron chi connectivity index (χ0n) is 7.39. The van der Waals surface area contributed by atoms with Gasteiger partial charge >= 0.3 is 0 Å². The summed E-state index contributed by atoms with van der Waals surface area (Å²) in [6.07, 6.45) is 3.77. The summed E-state index contributed by atoms with van der Waals surface area (Å²) in [7, 11) is 1.77. The highest BCUT2D eigenvalue weighted by molar-refractivity contribution is 4.65. The first kappa shape index (κ1) is 9.96. The van der Waals surface area contributed by atoms with Crippen LogP contribution in [-0.4, -0.2) is 13.2 Å². The lowest BCUT2D eigenvalue weighted by Crippen LogP contribution is -2.12. The van der Waals surface area contributed by atoms with Crippen LogP contribution in [0, 0.1) is 12.8 Å². The molecule has 1 heteroatoms. The number of ether oxygens (including phenoxy) is 1. The Balaban J connectivity index is 3.41. The molecule has 0 N–H and O–H groups in total. The maximum atomic E-state index is 5.23. The van der Waals surface area contributed by atoms with Crippen LogP contribution in [0.25, 0.3) is 0 Å². The minimum Gasteiger partial charge on any atom is -0.381 e. The van der Waals surface area contributed by atoms with Crippen LogP contribution in [0.5, 0.6) is 0 Å². The van der Waals surface area contributed by atoms with Crippen molar-refractivity contribution < 1.29 is 4.74 Å². The summed E-state index contributed by atoms with van der Waals surface area (Å²) < 4.78 is 5.23. The molecule has 0 spiro atoms. The molecule has 0 aliphatic heterocycles. The van der Waals surface area contributed by atoms with Crippen LogP contribution in [0.2, 0.25) is 0 Å². The number of hydrogen-bond donors (Lipinski definition) is 0. The van der Waals surface area contributed by atoms with Gasteiger partial charge < -0.3 is 4.74 Å². The molecule has 0 aromatic carbocycles. The molecule has 2 unspecified atom stereocenters. The van der Waals surface area contributed by atoms with Crippen molar-refractivity contribution >= 4 is 0 Å². The molecule has 1 nitrogen and oxygen atoms in total. The first-order valence-electron chi connectivity index (χ1n) is 4.10. The second-order valence-corrected chi connectivity index (χ2v) is 2.78. The Morgan fingerprint density at radius 3 is 2.20 bits per heavy atom. The van der Waals surface area contributed by atoms with Crippen LogP contribution in [0.4, 0.5) is 0 Å². The molecule has 0 aromatic rings. The largest absolute Gasteiger partial charge is 0.381 e. The third-order valence-corrected chi connectivity index (χ3v) is 1.96. The zero-order chi connectivity index (χ0) is 7.98. The Morgan fingerprint density at radius 2 is 1.90 bits per heavy atom. The fourth-order valence-electron chi connectivity index (χ4n) is 0.968. The third-order valence-electron chi connectivity index (χ3n) is 1.96.